The van der Waals surface area contributed by atoms with Gasteiger partial charge in [0, 0.05) is 25.5 Å². The molecular formula is C18H24N2O. The number of hydrogen-bond donors (Lipinski definition) is 2. The van der Waals surface area contributed by atoms with Gasteiger partial charge in [-0.15, -0.1) is 0 Å². The number of nitrogens with one attached hydrogen (secondary N) is 1. The van der Waals surface area contributed by atoms with Gasteiger partial charge < -0.3 is 10.4 Å². The van der Waals surface area contributed by atoms with E-state index in [0.29, 0.717) is 12.5 Å². The van der Waals surface area contributed by atoms with Crippen molar-refractivity contribution in [2.75, 3.05) is 6.54 Å². The molecule has 3 heteroatoms. The highest BCUT2D eigenvalue weighted by Gasteiger charge is 2.06. The second kappa shape index (κ2) is 7.91. The van der Waals surface area contributed by atoms with Crippen LogP contribution in [0.25, 0.3) is 11.1 Å². The molecule has 0 aliphatic heterocycles. The second-order valence-electron chi connectivity index (χ2n) is 5.85. The molecule has 0 saturated heterocycles. The molecule has 0 saturated carbocycles. The average Bonchev–Trinajstić information content (AvgIpc) is 2.48. The summed E-state index contributed by atoms with van der Waals surface area (Å²) >= 11 is 0. The van der Waals surface area contributed by atoms with Gasteiger partial charge in [0.1, 0.15) is 0 Å². The maximum absolute atomic E-state index is 9.86. The van der Waals surface area contributed by atoms with Crippen LogP contribution < -0.4 is 5.32 Å². The second-order valence-corrected chi connectivity index (χ2v) is 5.85. The Morgan fingerprint density at radius 1 is 1.10 bits per heavy atom. The van der Waals surface area contributed by atoms with Crippen molar-refractivity contribution >= 4 is 0 Å². The molecule has 2 aromatic rings. The third-order valence-electron chi connectivity index (χ3n) is 3.39. The van der Waals surface area contributed by atoms with Crippen LogP contribution in [0.1, 0.15) is 25.8 Å². The Hall–Kier alpha value is -1.71. The van der Waals surface area contributed by atoms with E-state index in [1.54, 1.807) is 0 Å². The SMILES string of the molecule is CC(C)CC(O)CNCc1cccc(-c2ccncc2)c1. The summed E-state index contributed by atoms with van der Waals surface area (Å²) in [5, 5.41) is 13.2. The molecule has 1 aromatic heterocycles. The number of aromatic nitrogens is 1. The van der Waals surface area contributed by atoms with Crippen molar-refractivity contribution in [1.82, 2.24) is 10.3 Å². The molecule has 2 rings (SSSR count). The van der Waals surface area contributed by atoms with Crippen LogP contribution in [0.15, 0.2) is 48.8 Å². The fourth-order valence-electron chi connectivity index (χ4n) is 2.42. The molecule has 21 heavy (non-hydrogen) atoms. The zero-order valence-corrected chi connectivity index (χ0v) is 12.8. The van der Waals surface area contributed by atoms with Crippen molar-refractivity contribution < 1.29 is 5.11 Å². The fourth-order valence-corrected chi connectivity index (χ4v) is 2.42. The summed E-state index contributed by atoms with van der Waals surface area (Å²) in [5.74, 6) is 0.525. The van der Waals surface area contributed by atoms with E-state index in [9.17, 15) is 5.11 Å². The van der Waals surface area contributed by atoms with E-state index in [0.717, 1.165) is 13.0 Å². The molecule has 1 aromatic carbocycles. The third-order valence-corrected chi connectivity index (χ3v) is 3.39. The maximum Gasteiger partial charge on any atom is 0.0667 e. The smallest absolute Gasteiger partial charge is 0.0667 e. The summed E-state index contributed by atoms with van der Waals surface area (Å²) in [7, 11) is 0. The first-order valence-electron chi connectivity index (χ1n) is 7.53. The molecule has 0 spiro atoms. The predicted octanol–water partition coefficient (Wildman–Crippen LogP) is 3.25. The lowest BCUT2D eigenvalue weighted by Crippen LogP contribution is -2.27. The minimum atomic E-state index is -0.270. The first kappa shape index (κ1) is 15.7. The lowest BCUT2D eigenvalue weighted by molar-refractivity contribution is 0.146. The highest BCUT2D eigenvalue weighted by molar-refractivity contribution is 5.63. The van der Waals surface area contributed by atoms with Crippen molar-refractivity contribution in [3.8, 4) is 11.1 Å². The molecule has 0 radical (unpaired) electrons. The van der Waals surface area contributed by atoms with E-state index < -0.39 is 0 Å². The van der Waals surface area contributed by atoms with Crippen molar-refractivity contribution in [2.45, 2.75) is 32.9 Å². The molecule has 2 N–H and O–H groups in total. The van der Waals surface area contributed by atoms with Gasteiger partial charge in [-0.05, 0) is 47.2 Å². The van der Waals surface area contributed by atoms with Gasteiger partial charge in [-0.2, -0.15) is 0 Å². The summed E-state index contributed by atoms with van der Waals surface area (Å²) in [6.07, 6.45) is 4.18. The van der Waals surface area contributed by atoms with Crippen LogP contribution >= 0.6 is 0 Å². The summed E-state index contributed by atoms with van der Waals surface area (Å²) in [6.45, 7) is 5.66. The lowest BCUT2D eigenvalue weighted by Gasteiger charge is -2.14. The quantitative estimate of drug-likeness (QED) is 0.820. The van der Waals surface area contributed by atoms with Crippen LogP contribution in [0.2, 0.25) is 0 Å². The number of aliphatic hydroxyl groups excluding tert-OH is 1. The van der Waals surface area contributed by atoms with Crippen LogP contribution in [0.3, 0.4) is 0 Å². The van der Waals surface area contributed by atoms with E-state index in [-0.39, 0.29) is 6.10 Å². The number of hydrogen-bond acceptors (Lipinski definition) is 3. The highest BCUT2D eigenvalue weighted by Crippen LogP contribution is 2.19. The Balaban J connectivity index is 1.90. The van der Waals surface area contributed by atoms with Gasteiger partial charge in [0.25, 0.3) is 0 Å². The van der Waals surface area contributed by atoms with Crippen LogP contribution in [-0.2, 0) is 6.54 Å². The van der Waals surface area contributed by atoms with Gasteiger partial charge in [-0.1, -0.05) is 32.0 Å². The number of benzene rings is 1. The van der Waals surface area contributed by atoms with Gasteiger partial charge in [0.2, 0.25) is 0 Å². The highest BCUT2D eigenvalue weighted by atomic mass is 16.3. The monoisotopic (exact) mass is 284 g/mol. The van der Waals surface area contributed by atoms with E-state index in [4.69, 9.17) is 0 Å². The Labute approximate surface area is 127 Å². The Bertz CT molecular complexity index is 540. The van der Waals surface area contributed by atoms with E-state index >= 15 is 0 Å². The van der Waals surface area contributed by atoms with Crippen LogP contribution in [-0.4, -0.2) is 22.7 Å². The topological polar surface area (TPSA) is 45.1 Å². The average molecular weight is 284 g/mol. The standard InChI is InChI=1S/C18H24N2O/c1-14(2)10-18(21)13-20-12-15-4-3-5-17(11-15)16-6-8-19-9-7-16/h3-9,11,14,18,20-21H,10,12-13H2,1-2H3. The summed E-state index contributed by atoms with van der Waals surface area (Å²) in [4.78, 5) is 4.05. The Kier molecular flexibility index (Phi) is 5.90. The molecule has 112 valence electrons. The summed E-state index contributed by atoms with van der Waals surface area (Å²) in [5.41, 5.74) is 3.59. The fraction of sp³-hybridized carbons (Fsp3) is 0.389. The molecule has 0 amide bonds. The zero-order valence-electron chi connectivity index (χ0n) is 12.8. The third kappa shape index (κ3) is 5.29. The molecule has 0 aliphatic carbocycles. The largest absolute Gasteiger partial charge is 0.392 e. The molecule has 0 fully saturated rings. The van der Waals surface area contributed by atoms with Gasteiger partial charge in [0.15, 0.2) is 0 Å². The van der Waals surface area contributed by atoms with Crippen molar-refractivity contribution in [1.29, 1.82) is 0 Å². The van der Waals surface area contributed by atoms with Gasteiger partial charge in [0.05, 0.1) is 6.10 Å². The zero-order chi connectivity index (χ0) is 15.1. The number of nitrogens with zero attached hydrogens (tertiary/aromatic N) is 1. The minimum Gasteiger partial charge on any atom is -0.392 e. The molecule has 1 heterocycles. The molecule has 0 aliphatic rings. The van der Waals surface area contributed by atoms with Gasteiger partial charge >= 0.3 is 0 Å². The van der Waals surface area contributed by atoms with Crippen LogP contribution in [0, 0.1) is 5.92 Å². The minimum absolute atomic E-state index is 0.270. The van der Waals surface area contributed by atoms with Crippen LogP contribution in [0.4, 0.5) is 0 Å². The first-order valence-corrected chi connectivity index (χ1v) is 7.53. The normalized spacial score (nSPS) is 12.6. The first-order chi connectivity index (χ1) is 10.1. The molecular weight excluding hydrogens is 260 g/mol. The van der Waals surface area contributed by atoms with Crippen molar-refractivity contribution in [2.24, 2.45) is 5.92 Å². The number of pyridine rings is 1. The summed E-state index contributed by atoms with van der Waals surface area (Å²) < 4.78 is 0. The van der Waals surface area contributed by atoms with Crippen LogP contribution in [0.5, 0.6) is 0 Å². The Morgan fingerprint density at radius 2 is 1.86 bits per heavy atom. The number of aliphatic hydroxyl groups is 1. The number of rotatable bonds is 7. The van der Waals surface area contributed by atoms with E-state index in [2.05, 4.69) is 48.4 Å². The maximum atomic E-state index is 9.86. The van der Waals surface area contributed by atoms with Gasteiger partial charge in [-0.25, -0.2) is 0 Å². The summed E-state index contributed by atoms with van der Waals surface area (Å²) in [6, 6.07) is 12.5. The van der Waals surface area contributed by atoms with Crippen molar-refractivity contribution in [3.63, 3.8) is 0 Å². The van der Waals surface area contributed by atoms with E-state index in [1.165, 1.54) is 16.7 Å². The molecule has 1 atom stereocenters. The Morgan fingerprint density at radius 3 is 2.57 bits per heavy atom. The van der Waals surface area contributed by atoms with E-state index in [1.807, 2.05) is 24.5 Å². The molecule has 1 unspecified atom stereocenters. The van der Waals surface area contributed by atoms with Gasteiger partial charge in [-0.3, -0.25) is 4.98 Å². The molecule has 0 bridgehead atoms. The lowest BCUT2D eigenvalue weighted by atomic mass is 10.0. The predicted molar refractivity (Wildman–Crippen MR) is 86.8 cm³/mol. The van der Waals surface area contributed by atoms with Crippen molar-refractivity contribution in [3.05, 3.63) is 54.4 Å². The molecule has 3 nitrogen and oxygen atoms in total.